The number of rotatable bonds is 6. The second-order valence-electron chi connectivity index (χ2n) is 4.87. The molecule has 0 saturated carbocycles. The van der Waals surface area contributed by atoms with Crippen molar-refractivity contribution in [1.29, 1.82) is 0 Å². The Balaban J connectivity index is 3.01. The fourth-order valence-corrected chi connectivity index (χ4v) is 1.79. The average Bonchev–Trinajstić information content (AvgIpc) is 2.60. The maximum Gasteiger partial charge on any atom is 0.311 e. The van der Waals surface area contributed by atoms with Gasteiger partial charge in [-0.1, -0.05) is 6.92 Å². The topological polar surface area (TPSA) is 110 Å². The molecule has 0 aliphatic rings. The summed E-state index contributed by atoms with van der Waals surface area (Å²) >= 11 is 0. The Bertz CT molecular complexity index is 509. The third-order valence-electron chi connectivity index (χ3n) is 3.41. The third kappa shape index (κ3) is 2.86. The van der Waals surface area contributed by atoms with Crippen LogP contribution in [0.4, 0.5) is 5.82 Å². The van der Waals surface area contributed by atoms with Crippen LogP contribution in [0, 0.1) is 12.3 Å². The molecule has 1 aromatic heterocycles. The molecule has 1 aromatic rings. The van der Waals surface area contributed by atoms with Crippen molar-refractivity contribution < 1.29 is 14.7 Å². The minimum absolute atomic E-state index is 0.193. The fraction of sp³-hybridized carbons (Fsp3) is 0.583. The van der Waals surface area contributed by atoms with Crippen LogP contribution in [0.5, 0.6) is 0 Å². The third-order valence-corrected chi connectivity index (χ3v) is 3.41. The van der Waals surface area contributed by atoms with Crippen LogP contribution in [0.3, 0.4) is 0 Å². The molecule has 106 valence electrons. The van der Waals surface area contributed by atoms with E-state index in [0.29, 0.717) is 23.5 Å². The van der Waals surface area contributed by atoms with Gasteiger partial charge in [-0.05, 0) is 20.3 Å². The molecule has 1 heterocycles. The van der Waals surface area contributed by atoms with Crippen LogP contribution in [0.2, 0.25) is 0 Å². The number of aromatic nitrogens is 2. The summed E-state index contributed by atoms with van der Waals surface area (Å²) in [7, 11) is 1.67. The molecular formula is C12H20N4O3. The molecular weight excluding hydrogens is 248 g/mol. The number of carbonyl (C=O) groups is 2. The van der Waals surface area contributed by atoms with Crippen LogP contribution >= 0.6 is 0 Å². The number of carboxylic acids is 1. The lowest BCUT2D eigenvalue weighted by Gasteiger charge is -2.24. The van der Waals surface area contributed by atoms with Gasteiger partial charge >= 0.3 is 5.97 Å². The van der Waals surface area contributed by atoms with Gasteiger partial charge in [-0.25, -0.2) is 0 Å². The number of aryl methyl sites for hydroxylation is 2. The van der Waals surface area contributed by atoms with Gasteiger partial charge in [-0.15, -0.1) is 0 Å². The first-order chi connectivity index (χ1) is 8.73. The molecule has 0 saturated heterocycles. The number of carbonyl (C=O) groups excluding carboxylic acids is 1. The van der Waals surface area contributed by atoms with Gasteiger partial charge in [0.05, 0.1) is 11.1 Å². The second-order valence-corrected chi connectivity index (χ2v) is 4.87. The molecule has 19 heavy (non-hydrogen) atoms. The molecule has 0 radical (unpaired) electrons. The Kier molecular flexibility index (Phi) is 4.18. The summed E-state index contributed by atoms with van der Waals surface area (Å²) in [5.41, 5.74) is 5.22. The Hall–Kier alpha value is -2.05. The van der Waals surface area contributed by atoms with E-state index in [4.69, 9.17) is 5.73 Å². The first kappa shape index (κ1) is 15.0. The summed E-state index contributed by atoms with van der Waals surface area (Å²) < 4.78 is 1.49. The molecule has 0 bridgehead atoms. The van der Waals surface area contributed by atoms with Crippen molar-refractivity contribution in [3.8, 4) is 0 Å². The van der Waals surface area contributed by atoms with Crippen LogP contribution in [-0.2, 0) is 11.8 Å². The van der Waals surface area contributed by atoms with Gasteiger partial charge in [-0.3, -0.25) is 14.3 Å². The first-order valence-electron chi connectivity index (χ1n) is 6.03. The summed E-state index contributed by atoms with van der Waals surface area (Å²) in [4.78, 5) is 22.6. The molecule has 1 amide bonds. The van der Waals surface area contributed by atoms with Crippen molar-refractivity contribution in [2.45, 2.75) is 27.2 Å². The van der Waals surface area contributed by atoms with E-state index in [-0.39, 0.29) is 6.54 Å². The van der Waals surface area contributed by atoms with Gasteiger partial charge in [-0.2, -0.15) is 5.10 Å². The summed E-state index contributed by atoms with van der Waals surface area (Å²) in [6, 6.07) is 0. The molecule has 0 aromatic carbocycles. The molecule has 7 nitrogen and oxygen atoms in total. The zero-order valence-electron chi connectivity index (χ0n) is 11.6. The number of primary amides is 1. The fourth-order valence-electron chi connectivity index (χ4n) is 1.79. The number of carboxylic acid groups (broad SMARTS) is 1. The zero-order chi connectivity index (χ0) is 14.8. The highest BCUT2D eigenvalue weighted by Crippen LogP contribution is 2.24. The highest BCUT2D eigenvalue weighted by Gasteiger charge is 2.32. The van der Waals surface area contributed by atoms with Crippen LogP contribution in [0.15, 0.2) is 0 Å². The molecule has 7 heteroatoms. The minimum Gasteiger partial charge on any atom is -0.481 e. The van der Waals surface area contributed by atoms with Crippen LogP contribution < -0.4 is 11.1 Å². The lowest BCUT2D eigenvalue weighted by Crippen LogP contribution is -2.35. The van der Waals surface area contributed by atoms with Gasteiger partial charge in [0, 0.05) is 13.6 Å². The predicted octanol–water partition coefficient (Wildman–Crippen LogP) is 0.740. The summed E-state index contributed by atoms with van der Waals surface area (Å²) in [6.07, 6.45) is 0.470. The van der Waals surface area contributed by atoms with Crippen molar-refractivity contribution >= 4 is 17.7 Å². The zero-order valence-corrected chi connectivity index (χ0v) is 11.6. The minimum atomic E-state index is -0.910. The highest BCUT2D eigenvalue weighted by molar-refractivity contribution is 5.99. The van der Waals surface area contributed by atoms with Crippen molar-refractivity contribution in [1.82, 2.24) is 9.78 Å². The largest absolute Gasteiger partial charge is 0.481 e. The summed E-state index contributed by atoms with van der Waals surface area (Å²) in [5.74, 6) is -1.02. The molecule has 1 atom stereocenters. The molecule has 0 aliphatic heterocycles. The quantitative estimate of drug-likeness (QED) is 0.704. The van der Waals surface area contributed by atoms with Gasteiger partial charge in [0.25, 0.3) is 5.91 Å². The van der Waals surface area contributed by atoms with Gasteiger partial charge in [0.15, 0.2) is 0 Å². The SMILES string of the molecule is CCC(C)(CNc1c(C(N)=O)c(C)nn1C)C(=O)O. The maximum absolute atomic E-state index is 11.4. The van der Waals surface area contributed by atoms with E-state index in [0.717, 1.165) is 0 Å². The number of amides is 1. The monoisotopic (exact) mass is 268 g/mol. The number of hydrogen-bond donors (Lipinski definition) is 3. The Morgan fingerprint density at radius 2 is 2.11 bits per heavy atom. The van der Waals surface area contributed by atoms with Gasteiger partial charge < -0.3 is 16.2 Å². The molecule has 0 fully saturated rings. The normalized spacial score (nSPS) is 13.9. The average molecular weight is 268 g/mol. The second kappa shape index (κ2) is 5.29. The van der Waals surface area contributed by atoms with E-state index in [1.165, 1.54) is 4.68 Å². The molecule has 0 spiro atoms. The highest BCUT2D eigenvalue weighted by atomic mass is 16.4. The van der Waals surface area contributed by atoms with E-state index >= 15 is 0 Å². The molecule has 1 unspecified atom stereocenters. The van der Waals surface area contributed by atoms with Gasteiger partial charge in [0.2, 0.25) is 0 Å². The lowest BCUT2D eigenvalue weighted by molar-refractivity contribution is -0.147. The van der Waals surface area contributed by atoms with Crippen molar-refractivity contribution in [2.24, 2.45) is 18.2 Å². The van der Waals surface area contributed by atoms with Crippen molar-refractivity contribution in [3.05, 3.63) is 11.3 Å². The van der Waals surface area contributed by atoms with Crippen molar-refractivity contribution in [2.75, 3.05) is 11.9 Å². The first-order valence-corrected chi connectivity index (χ1v) is 6.03. The van der Waals surface area contributed by atoms with E-state index in [2.05, 4.69) is 10.4 Å². The maximum atomic E-state index is 11.4. The van der Waals surface area contributed by atoms with Crippen LogP contribution in [0.1, 0.15) is 36.3 Å². The standard InChI is InChI=1S/C12H20N4O3/c1-5-12(3,11(18)19)6-14-10-8(9(13)17)7(2)15-16(10)4/h14H,5-6H2,1-4H3,(H2,13,17)(H,18,19). The molecule has 1 rings (SSSR count). The number of nitrogens with zero attached hydrogens (tertiary/aromatic N) is 2. The Labute approximate surface area is 111 Å². The number of aliphatic carboxylic acids is 1. The van der Waals surface area contributed by atoms with E-state index in [1.54, 1.807) is 27.8 Å². The number of anilines is 1. The van der Waals surface area contributed by atoms with Crippen molar-refractivity contribution in [3.63, 3.8) is 0 Å². The molecule has 4 N–H and O–H groups in total. The van der Waals surface area contributed by atoms with Crippen LogP contribution in [0.25, 0.3) is 0 Å². The van der Waals surface area contributed by atoms with E-state index in [9.17, 15) is 14.7 Å². The predicted molar refractivity (Wildman–Crippen MR) is 71.0 cm³/mol. The van der Waals surface area contributed by atoms with E-state index in [1.807, 2.05) is 0 Å². The van der Waals surface area contributed by atoms with E-state index < -0.39 is 17.3 Å². The number of nitrogens with two attached hydrogens (primary N) is 1. The Morgan fingerprint density at radius 1 is 1.53 bits per heavy atom. The molecule has 0 aliphatic carbocycles. The summed E-state index contributed by atoms with van der Waals surface area (Å²) in [5, 5.41) is 16.3. The smallest absolute Gasteiger partial charge is 0.311 e. The number of hydrogen-bond acceptors (Lipinski definition) is 4. The van der Waals surface area contributed by atoms with Crippen LogP contribution in [-0.4, -0.2) is 33.3 Å². The van der Waals surface area contributed by atoms with Gasteiger partial charge in [0.1, 0.15) is 11.4 Å². The number of nitrogens with one attached hydrogen (secondary N) is 1. The Morgan fingerprint density at radius 3 is 2.53 bits per heavy atom. The lowest BCUT2D eigenvalue weighted by atomic mass is 9.87. The summed E-state index contributed by atoms with van der Waals surface area (Å²) in [6.45, 7) is 5.33.